The van der Waals surface area contributed by atoms with Crippen LogP contribution < -0.4 is 15.5 Å². The third kappa shape index (κ3) is 8.14. The van der Waals surface area contributed by atoms with Gasteiger partial charge in [0.25, 0.3) is 5.91 Å². The fourth-order valence-corrected chi connectivity index (χ4v) is 4.33. The van der Waals surface area contributed by atoms with Crippen molar-refractivity contribution in [3.05, 3.63) is 71.4 Å². The number of para-hydroxylation sites is 1. The van der Waals surface area contributed by atoms with Crippen molar-refractivity contribution in [3.63, 3.8) is 0 Å². The minimum absolute atomic E-state index is 0.241. The number of hydrogen-bond acceptors (Lipinski definition) is 6. The molecular weight excluding hydrogens is 519 g/mol. The molecule has 0 aliphatic heterocycles. The van der Waals surface area contributed by atoms with Crippen LogP contribution in [0.4, 0.5) is 13.2 Å². The minimum atomic E-state index is -5.08. The number of hydroxylamine groups is 1. The van der Waals surface area contributed by atoms with Crippen molar-refractivity contribution in [1.82, 2.24) is 15.8 Å². The van der Waals surface area contributed by atoms with Gasteiger partial charge in [-0.15, -0.1) is 0 Å². The summed E-state index contributed by atoms with van der Waals surface area (Å²) in [5, 5.41) is 20.1. The Morgan fingerprint density at radius 3 is 2.33 bits per heavy atom. The Morgan fingerprint density at radius 1 is 1.05 bits per heavy atom. The molecule has 2 amide bonds. The van der Waals surface area contributed by atoms with Gasteiger partial charge in [0.2, 0.25) is 5.91 Å². The number of aliphatic carboxylic acids is 1. The van der Waals surface area contributed by atoms with Crippen LogP contribution in [0.5, 0.6) is 5.75 Å². The van der Waals surface area contributed by atoms with Gasteiger partial charge in [-0.05, 0) is 56.2 Å². The maximum atomic E-state index is 12.7. The monoisotopic (exact) mass is 547 g/mol. The van der Waals surface area contributed by atoms with E-state index in [2.05, 4.69) is 10.3 Å². The van der Waals surface area contributed by atoms with Crippen LogP contribution in [0.25, 0.3) is 10.9 Å². The smallest absolute Gasteiger partial charge is 0.489 e. The third-order valence-electron chi connectivity index (χ3n) is 6.21. The molecule has 0 bridgehead atoms. The molecule has 2 aromatic carbocycles. The van der Waals surface area contributed by atoms with Crippen LogP contribution in [-0.4, -0.2) is 45.3 Å². The van der Waals surface area contributed by atoms with Gasteiger partial charge >= 0.3 is 12.1 Å². The number of nitrogens with one attached hydrogen (secondary N) is 2. The highest BCUT2D eigenvalue weighted by molar-refractivity contribution is 5.95. The number of amides is 2. The number of aryl methyl sites for hydroxylation is 1. The number of halogens is 3. The van der Waals surface area contributed by atoms with E-state index in [9.17, 15) is 22.8 Å². The normalized spacial score (nSPS) is 16.9. The number of carbonyl (C=O) groups is 3. The summed E-state index contributed by atoms with van der Waals surface area (Å²) >= 11 is 0. The lowest BCUT2D eigenvalue weighted by atomic mass is 9.84. The molecule has 2 atom stereocenters. The van der Waals surface area contributed by atoms with Gasteiger partial charge in [0.15, 0.2) is 0 Å². The quantitative estimate of drug-likeness (QED) is 0.262. The van der Waals surface area contributed by atoms with Crippen LogP contribution in [-0.2, 0) is 16.2 Å². The van der Waals surface area contributed by atoms with Crippen LogP contribution in [0.2, 0.25) is 0 Å². The molecular formula is C27H28F3N3O6. The van der Waals surface area contributed by atoms with E-state index in [1.54, 1.807) is 29.7 Å². The Bertz CT molecular complexity index is 1310. The van der Waals surface area contributed by atoms with E-state index in [4.69, 9.17) is 19.8 Å². The molecule has 12 heteroatoms. The zero-order chi connectivity index (χ0) is 28.6. The second-order valence-corrected chi connectivity index (χ2v) is 9.00. The van der Waals surface area contributed by atoms with E-state index in [1.807, 2.05) is 37.3 Å². The highest BCUT2D eigenvalue weighted by atomic mass is 19.4. The largest absolute Gasteiger partial charge is 0.490 e. The number of carbonyl (C=O) groups excluding carboxylic acids is 2. The van der Waals surface area contributed by atoms with Gasteiger partial charge in [0.05, 0.1) is 11.4 Å². The molecule has 39 heavy (non-hydrogen) atoms. The topological polar surface area (TPSA) is 138 Å². The second kappa shape index (κ2) is 13.1. The summed E-state index contributed by atoms with van der Waals surface area (Å²) in [6.07, 6.45) is -1.88. The number of nitrogens with zero attached hydrogens (tertiary/aromatic N) is 1. The average molecular weight is 548 g/mol. The highest BCUT2D eigenvalue weighted by Crippen LogP contribution is 2.25. The number of ether oxygens (including phenoxy) is 1. The first kappa shape index (κ1) is 29.4. The van der Waals surface area contributed by atoms with E-state index < -0.39 is 24.0 Å². The predicted octanol–water partition coefficient (Wildman–Crippen LogP) is 4.55. The summed E-state index contributed by atoms with van der Waals surface area (Å²) in [6.45, 7) is 2.36. The van der Waals surface area contributed by atoms with Gasteiger partial charge < -0.3 is 15.2 Å². The number of hydrogen-bond donors (Lipinski definition) is 4. The van der Waals surface area contributed by atoms with Crippen molar-refractivity contribution in [3.8, 4) is 5.75 Å². The number of carboxylic acids is 1. The Morgan fingerprint density at radius 2 is 1.69 bits per heavy atom. The summed E-state index contributed by atoms with van der Waals surface area (Å²) in [5.41, 5.74) is 5.14. The number of rotatable bonds is 6. The van der Waals surface area contributed by atoms with Gasteiger partial charge in [-0.1, -0.05) is 31.0 Å². The predicted molar refractivity (Wildman–Crippen MR) is 134 cm³/mol. The summed E-state index contributed by atoms with van der Waals surface area (Å²) in [5.74, 6) is -3.20. The Balaban J connectivity index is 0.000000532. The van der Waals surface area contributed by atoms with Gasteiger partial charge in [-0.25, -0.2) is 10.3 Å². The molecule has 0 radical (unpaired) electrons. The number of alkyl halides is 3. The number of pyridine rings is 1. The fourth-order valence-electron chi connectivity index (χ4n) is 4.33. The molecule has 1 aliphatic rings. The lowest BCUT2D eigenvalue weighted by Gasteiger charge is -2.30. The zero-order valence-electron chi connectivity index (χ0n) is 21.0. The molecule has 0 unspecified atom stereocenters. The average Bonchev–Trinajstić information content (AvgIpc) is 2.91. The van der Waals surface area contributed by atoms with Crippen LogP contribution >= 0.6 is 0 Å². The molecule has 4 rings (SSSR count). The standard InChI is InChI=1S/C25H27N3O4.C2HF3O2/c1-16-14-18(20-6-2-4-8-22(20)26-16)15-32-19-12-10-17(11-13-19)24(29)27-23-9-5-3-7-21(23)25(30)28-31;3-2(4,5)1(6)7/h2,4,6,8,10-14,21,23,31H,3,5,7,9,15H2,1H3,(H,27,29)(H,28,30);(H,6,7)/t21-,23-;/m0./s1. The number of aromatic nitrogens is 1. The Hall–Kier alpha value is -4.19. The summed E-state index contributed by atoms with van der Waals surface area (Å²) in [7, 11) is 0. The van der Waals surface area contributed by atoms with Gasteiger partial charge in [-0.2, -0.15) is 13.2 Å². The molecule has 3 aromatic rings. The van der Waals surface area contributed by atoms with E-state index in [1.165, 1.54) is 0 Å². The van der Waals surface area contributed by atoms with Crippen LogP contribution in [0, 0.1) is 12.8 Å². The lowest BCUT2D eigenvalue weighted by Crippen LogP contribution is -2.47. The van der Waals surface area contributed by atoms with Crippen LogP contribution in [0.3, 0.4) is 0 Å². The van der Waals surface area contributed by atoms with Crippen molar-refractivity contribution in [2.45, 2.75) is 51.4 Å². The fraction of sp³-hybridized carbons (Fsp3) is 0.333. The molecule has 4 N–H and O–H groups in total. The molecule has 1 aliphatic carbocycles. The van der Waals surface area contributed by atoms with Crippen molar-refractivity contribution in [1.29, 1.82) is 0 Å². The maximum absolute atomic E-state index is 12.7. The second-order valence-electron chi connectivity index (χ2n) is 9.00. The SMILES string of the molecule is Cc1cc(COc2ccc(C(=O)N[C@H]3CCCC[C@@H]3C(=O)NO)cc2)c2ccccc2n1.O=C(O)C(F)(F)F. The number of carboxylic acid groups (broad SMARTS) is 1. The first-order chi connectivity index (χ1) is 18.5. The van der Waals surface area contributed by atoms with Crippen molar-refractivity contribution in [2.24, 2.45) is 5.92 Å². The van der Waals surface area contributed by atoms with E-state index in [0.717, 1.165) is 35.0 Å². The minimum Gasteiger partial charge on any atom is -0.489 e. The molecule has 1 aromatic heterocycles. The summed E-state index contributed by atoms with van der Waals surface area (Å²) < 4.78 is 37.7. The first-order valence-corrected chi connectivity index (χ1v) is 12.1. The first-order valence-electron chi connectivity index (χ1n) is 12.1. The molecule has 0 saturated heterocycles. The summed E-state index contributed by atoms with van der Waals surface area (Å²) in [6, 6.07) is 16.7. The van der Waals surface area contributed by atoms with Crippen molar-refractivity contribution < 1.29 is 42.6 Å². The highest BCUT2D eigenvalue weighted by Gasteiger charge is 2.38. The van der Waals surface area contributed by atoms with Crippen LogP contribution in [0.15, 0.2) is 54.6 Å². The molecule has 1 heterocycles. The molecule has 1 fully saturated rings. The molecule has 1 saturated carbocycles. The van der Waals surface area contributed by atoms with E-state index in [-0.39, 0.29) is 11.9 Å². The molecule has 0 spiro atoms. The summed E-state index contributed by atoms with van der Waals surface area (Å²) in [4.78, 5) is 38.0. The lowest BCUT2D eigenvalue weighted by molar-refractivity contribution is -0.192. The van der Waals surface area contributed by atoms with Gasteiger partial charge in [-0.3, -0.25) is 19.8 Å². The van der Waals surface area contributed by atoms with Crippen molar-refractivity contribution >= 4 is 28.7 Å². The molecule has 9 nitrogen and oxygen atoms in total. The van der Waals surface area contributed by atoms with Crippen molar-refractivity contribution in [2.75, 3.05) is 0 Å². The number of fused-ring (bicyclic) bond motifs is 1. The zero-order valence-corrected chi connectivity index (χ0v) is 21.0. The third-order valence-corrected chi connectivity index (χ3v) is 6.21. The van der Waals surface area contributed by atoms with E-state index >= 15 is 0 Å². The Labute approximate surface area is 222 Å². The van der Waals surface area contributed by atoms with Gasteiger partial charge in [0.1, 0.15) is 12.4 Å². The molecule has 208 valence electrons. The van der Waals surface area contributed by atoms with Crippen LogP contribution in [0.1, 0.15) is 47.3 Å². The number of benzene rings is 2. The van der Waals surface area contributed by atoms with Gasteiger partial charge in [0, 0.05) is 28.2 Å². The Kier molecular flexibility index (Phi) is 9.83. The maximum Gasteiger partial charge on any atom is 0.490 e. The van der Waals surface area contributed by atoms with E-state index in [0.29, 0.717) is 30.8 Å².